The number of piperazine rings is 1. The Morgan fingerprint density at radius 3 is 3.04 bits per heavy atom. The molecule has 24 heavy (non-hydrogen) atoms. The minimum atomic E-state index is 0.205. The Bertz CT molecular complexity index is 743. The number of aryl methyl sites for hydroxylation is 1. The van der Waals surface area contributed by atoms with Crippen LogP contribution >= 0.6 is 0 Å². The first-order valence-electron chi connectivity index (χ1n) is 8.69. The van der Waals surface area contributed by atoms with Gasteiger partial charge in [-0.1, -0.05) is 0 Å². The number of imidazole rings is 1. The maximum atomic E-state index is 12.2. The molecule has 1 unspecified atom stereocenters. The second-order valence-electron chi connectivity index (χ2n) is 6.41. The van der Waals surface area contributed by atoms with E-state index in [2.05, 4.69) is 32.1 Å². The minimum Gasteiger partial charge on any atom is -0.353 e. The van der Waals surface area contributed by atoms with Crippen molar-refractivity contribution in [2.75, 3.05) is 37.6 Å². The molecule has 2 aromatic rings. The standard InChI is InChI=1S/C16H23N7O/c1-2-21-11-20-14-15(21)18-10-19-16(14)22-6-3-4-12(9-22)23-7-5-17-8-13(23)24/h10-12,17H,2-9H2,1H3. The molecule has 0 aliphatic carbocycles. The Labute approximate surface area is 140 Å². The van der Waals surface area contributed by atoms with Crippen molar-refractivity contribution in [2.45, 2.75) is 32.4 Å². The summed E-state index contributed by atoms with van der Waals surface area (Å²) < 4.78 is 2.03. The normalized spacial score (nSPS) is 22.4. The van der Waals surface area contributed by atoms with Crippen LogP contribution in [0.5, 0.6) is 0 Å². The molecule has 1 atom stereocenters. The summed E-state index contributed by atoms with van der Waals surface area (Å²) in [5.74, 6) is 1.09. The lowest BCUT2D eigenvalue weighted by Crippen LogP contribution is -2.57. The quantitative estimate of drug-likeness (QED) is 0.869. The van der Waals surface area contributed by atoms with Crippen LogP contribution in [0.2, 0.25) is 0 Å². The van der Waals surface area contributed by atoms with Gasteiger partial charge < -0.3 is 19.7 Å². The zero-order valence-corrected chi connectivity index (χ0v) is 14.0. The monoisotopic (exact) mass is 329 g/mol. The molecular weight excluding hydrogens is 306 g/mol. The molecule has 4 heterocycles. The maximum absolute atomic E-state index is 12.2. The van der Waals surface area contributed by atoms with E-state index in [4.69, 9.17) is 0 Å². The number of aromatic nitrogens is 4. The highest BCUT2D eigenvalue weighted by molar-refractivity contribution is 5.83. The van der Waals surface area contributed by atoms with Crippen LogP contribution in [0.4, 0.5) is 5.82 Å². The predicted molar refractivity (Wildman–Crippen MR) is 90.8 cm³/mol. The molecule has 2 saturated heterocycles. The van der Waals surface area contributed by atoms with Crippen molar-refractivity contribution in [1.29, 1.82) is 0 Å². The molecule has 128 valence electrons. The fourth-order valence-electron chi connectivity index (χ4n) is 3.74. The smallest absolute Gasteiger partial charge is 0.236 e. The van der Waals surface area contributed by atoms with E-state index < -0.39 is 0 Å². The first kappa shape index (κ1) is 15.3. The fourth-order valence-corrected chi connectivity index (χ4v) is 3.74. The van der Waals surface area contributed by atoms with Gasteiger partial charge in [-0.25, -0.2) is 15.0 Å². The number of carbonyl (C=O) groups is 1. The maximum Gasteiger partial charge on any atom is 0.236 e. The number of piperidine rings is 1. The van der Waals surface area contributed by atoms with Crippen molar-refractivity contribution in [3.63, 3.8) is 0 Å². The van der Waals surface area contributed by atoms with Crippen LogP contribution in [-0.2, 0) is 11.3 Å². The number of hydrogen-bond acceptors (Lipinski definition) is 6. The van der Waals surface area contributed by atoms with Crippen LogP contribution in [0.1, 0.15) is 19.8 Å². The molecule has 0 aromatic carbocycles. The number of rotatable bonds is 3. The molecule has 0 saturated carbocycles. The van der Waals surface area contributed by atoms with Crippen molar-refractivity contribution in [3.8, 4) is 0 Å². The molecule has 0 radical (unpaired) electrons. The number of amides is 1. The third-order valence-electron chi connectivity index (χ3n) is 4.99. The lowest BCUT2D eigenvalue weighted by Gasteiger charge is -2.41. The minimum absolute atomic E-state index is 0.205. The summed E-state index contributed by atoms with van der Waals surface area (Å²) in [5.41, 5.74) is 1.73. The molecule has 8 nitrogen and oxygen atoms in total. The molecule has 2 fully saturated rings. The van der Waals surface area contributed by atoms with Crippen LogP contribution in [0.25, 0.3) is 11.2 Å². The van der Waals surface area contributed by atoms with E-state index in [1.54, 1.807) is 6.33 Å². The van der Waals surface area contributed by atoms with Gasteiger partial charge in [0, 0.05) is 38.8 Å². The molecule has 8 heteroatoms. The zero-order valence-electron chi connectivity index (χ0n) is 14.0. The number of fused-ring (bicyclic) bond motifs is 1. The summed E-state index contributed by atoms with van der Waals surface area (Å²) in [5, 5.41) is 3.14. The summed E-state index contributed by atoms with van der Waals surface area (Å²) in [6.07, 6.45) is 5.55. The number of anilines is 1. The third-order valence-corrected chi connectivity index (χ3v) is 4.99. The average Bonchev–Trinajstić information content (AvgIpc) is 3.05. The van der Waals surface area contributed by atoms with Gasteiger partial charge in [0.15, 0.2) is 17.0 Å². The topological polar surface area (TPSA) is 79.2 Å². The van der Waals surface area contributed by atoms with E-state index in [1.165, 1.54) is 0 Å². The Balaban J connectivity index is 1.60. The van der Waals surface area contributed by atoms with E-state index in [9.17, 15) is 4.79 Å². The molecular formula is C16H23N7O. The Morgan fingerprint density at radius 2 is 2.21 bits per heavy atom. The second-order valence-corrected chi connectivity index (χ2v) is 6.41. The van der Waals surface area contributed by atoms with Gasteiger partial charge in [-0.3, -0.25) is 4.79 Å². The van der Waals surface area contributed by atoms with Gasteiger partial charge in [-0.05, 0) is 19.8 Å². The van der Waals surface area contributed by atoms with Crippen molar-refractivity contribution < 1.29 is 4.79 Å². The number of hydrogen-bond donors (Lipinski definition) is 1. The molecule has 1 amide bonds. The van der Waals surface area contributed by atoms with Crippen molar-refractivity contribution in [3.05, 3.63) is 12.7 Å². The highest BCUT2D eigenvalue weighted by atomic mass is 16.2. The van der Waals surface area contributed by atoms with Crippen molar-refractivity contribution in [1.82, 2.24) is 29.7 Å². The molecule has 4 rings (SSSR count). The van der Waals surface area contributed by atoms with Gasteiger partial charge in [-0.2, -0.15) is 0 Å². The molecule has 1 N–H and O–H groups in total. The van der Waals surface area contributed by atoms with E-state index in [0.29, 0.717) is 6.54 Å². The highest BCUT2D eigenvalue weighted by Crippen LogP contribution is 2.26. The largest absolute Gasteiger partial charge is 0.353 e. The van der Waals surface area contributed by atoms with Gasteiger partial charge in [0.2, 0.25) is 5.91 Å². The predicted octanol–water partition coefficient (Wildman–Crippen LogP) is 0.247. The Morgan fingerprint density at radius 1 is 1.29 bits per heavy atom. The number of nitrogens with zero attached hydrogens (tertiary/aromatic N) is 6. The Kier molecular flexibility index (Phi) is 4.05. The number of carbonyl (C=O) groups excluding carboxylic acids is 1. The average molecular weight is 329 g/mol. The summed E-state index contributed by atoms with van der Waals surface area (Å²) in [4.78, 5) is 29.9. The first-order chi connectivity index (χ1) is 11.8. The van der Waals surface area contributed by atoms with Crippen molar-refractivity contribution >= 4 is 22.9 Å². The third kappa shape index (κ3) is 2.60. The lowest BCUT2D eigenvalue weighted by atomic mass is 10.0. The van der Waals surface area contributed by atoms with E-state index >= 15 is 0 Å². The summed E-state index contributed by atoms with van der Waals surface area (Å²) in [6.45, 7) is 6.80. The van der Waals surface area contributed by atoms with Crippen LogP contribution < -0.4 is 10.2 Å². The van der Waals surface area contributed by atoms with Crippen molar-refractivity contribution in [2.24, 2.45) is 0 Å². The second kappa shape index (κ2) is 6.35. The van der Waals surface area contributed by atoms with Gasteiger partial charge in [0.1, 0.15) is 6.33 Å². The van der Waals surface area contributed by atoms with E-state index in [1.807, 2.05) is 15.8 Å². The lowest BCUT2D eigenvalue weighted by molar-refractivity contribution is -0.134. The van der Waals surface area contributed by atoms with Crippen LogP contribution in [0.15, 0.2) is 12.7 Å². The summed E-state index contributed by atoms with van der Waals surface area (Å²) in [7, 11) is 0. The zero-order chi connectivity index (χ0) is 16.5. The van der Waals surface area contributed by atoms with Gasteiger partial charge in [0.05, 0.1) is 12.9 Å². The van der Waals surface area contributed by atoms with E-state index in [0.717, 1.165) is 62.5 Å². The molecule has 2 aromatic heterocycles. The summed E-state index contributed by atoms with van der Waals surface area (Å²) in [6, 6.07) is 0.256. The fraction of sp³-hybridized carbons (Fsp3) is 0.625. The van der Waals surface area contributed by atoms with Gasteiger partial charge >= 0.3 is 0 Å². The molecule has 0 bridgehead atoms. The first-order valence-corrected chi connectivity index (χ1v) is 8.69. The summed E-state index contributed by atoms with van der Waals surface area (Å²) >= 11 is 0. The highest BCUT2D eigenvalue weighted by Gasteiger charge is 2.31. The van der Waals surface area contributed by atoms with Crippen LogP contribution in [-0.4, -0.2) is 69.1 Å². The van der Waals surface area contributed by atoms with Gasteiger partial charge in [-0.15, -0.1) is 0 Å². The SMILES string of the molecule is CCn1cnc2c(N3CCCC(N4CCNCC4=O)C3)ncnc21. The molecule has 2 aliphatic heterocycles. The Hall–Kier alpha value is -2.22. The number of nitrogens with one attached hydrogen (secondary N) is 1. The van der Waals surface area contributed by atoms with Gasteiger partial charge in [0.25, 0.3) is 0 Å². The van der Waals surface area contributed by atoms with Crippen LogP contribution in [0.3, 0.4) is 0 Å². The molecule has 0 spiro atoms. The van der Waals surface area contributed by atoms with Crippen LogP contribution in [0, 0.1) is 0 Å². The molecule has 2 aliphatic rings. The van der Waals surface area contributed by atoms with E-state index in [-0.39, 0.29) is 11.9 Å².